The van der Waals surface area contributed by atoms with Crippen LogP contribution < -0.4 is 0 Å². The fourth-order valence-electron chi connectivity index (χ4n) is 0.465. The zero-order valence-corrected chi connectivity index (χ0v) is 6.68. The van der Waals surface area contributed by atoms with Crippen molar-refractivity contribution < 1.29 is 9.53 Å². The minimum Gasteiger partial charge on any atom is -0.459 e. The van der Waals surface area contributed by atoms with Crippen molar-refractivity contribution in [2.45, 2.75) is 26.4 Å². The van der Waals surface area contributed by atoms with Gasteiger partial charge in [0.15, 0.2) is 0 Å². The van der Waals surface area contributed by atoms with E-state index in [4.69, 9.17) is 4.74 Å². The Balaban J connectivity index is 3.68. The Kier molecular flexibility index (Phi) is 3.06. The molecule has 0 aliphatic rings. The molecule has 0 aromatic carbocycles. The van der Waals surface area contributed by atoms with Crippen molar-refractivity contribution in [3.05, 3.63) is 0 Å². The second-order valence-corrected chi connectivity index (χ2v) is 2.97. The number of hydrogen-bond acceptors (Lipinski definition) is 3. The molecule has 0 N–H and O–H groups in total. The molecular weight excluding hydrogens is 130 g/mol. The van der Waals surface area contributed by atoms with Gasteiger partial charge in [-0.1, -0.05) is 0 Å². The van der Waals surface area contributed by atoms with E-state index in [2.05, 4.69) is 11.7 Å². The third-order valence-corrected chi connectivity index (χ3v) is 0.661. The molecule has 0 amide bonds. The lowest BCUT2D eigenvalue weighted by atomic mass is 10.2. The van der Waals surface area contributed by atoms with Crippen molar-refractivity contribution in [1.29, 1.82) is 0 Å². The highest BCUT2D eigenvalue weighted by molar-refractivity contribution is 5.72. The first kappa shape index (κ1) is 9.14. The summed E-state index contributed by atoms with van der Waals surface area (Å²) in [6.45, 7) is 8.66. The molecule has 0 aromatic heterocycles. The maximum absolute atomic E-state index is 10.7. The van der Waals surface area contributed by atoms with Gasteiger partial charge in [-0.05, 0) is 27.5 Å². The third-order valence-electron chi connectivity index (χ3n) is 0.661. The van der Waals surface area contributed by atoms with Crippen LogP contribution >= 0.6 is 0 Å². The van der Waals surface area contributed by atoms with E-state index in [0.29, 0.717) is 0 Å². The van der Waals surface area contributed by atoms with Crippen molar-refractivity contribution in [3.8, 4) is 0 Å². The quantitative estimate of drug-likeness (QED) is 0.427. The first-order valence-corrected chi connectivity index (χ1v) is 3.10. The molecule has 0 aliphatic heterocycles. The number of aliphatic imine (C=N–C) groups is 1. The molecule has 0 spiro atoms. The van der Waals surface area contributed by atoms with Crippen LogP contribution in [-0.2, 0) is 9.53 Å². The molecular formula is C7H13NO2. The van der Waals surface area contributed by atoms with Gasteiger partial charge in [-0.25, -0.2) is 0 Å². The molecule has 58 valence electrons. The van der Waals surface area contributed by atoms with Gasteiger partial charge in [0, 0.05) is 0 Å². The molecule has 0 bridgehead atoms. The smallest absolute Gasteiger partial charge is 0.328 e. The van der Waals surface area contributed by atoms with Crippen molar-refractivity contribution >= 4 is 12.7 Å². The van der Waals surface area contributed by atoms with E-state index in [9.17, 15) is 4.79 Å². The van der Waals surface area contributed by atoms with Crippen LogP contribution in [0.2, 0.25) is 0 Å². The Morgan fingerprint density at radius 1 is 1.60 bits per heavy atom. The molecule has 0 aliphatic carbocycles. The lowest BCUT2D eigenvalue weighted by molar-refractivity contribution is -0.152. The van der Waals surface area contributed by atoms with E-state index >= 15 is 0 Å². The normalized spacial score (nSPS) is 10.7. The van der Waals surface area contributed by atoms with Gasteiger partial charge in [0.1, 0.15) is 12.1 Å². The Hall–Kier alpha value is -0.860. The van der Waals surface area contributed by atoms with Crippen LogP contribution in [0.15, 0.2) is 4.99 Å². The minimum atomic E-state index is -0.415. The summed E-state index contributed by atoms with van der Waals surface area (Å²) in [6.07, 6.45) is 0. The Bertz CT molecular complexity index is 135. The molecule has 3 heteroatoms. The first-order valence-electron chi connectivity index (χ1n) is 3.10. The molecule has 0 aromatic rings. The standard InChI is InChI=1S/C7H13NO2/c1-7(2,3)10-6(9)5-8-4/h4-5H2,1-3H3. The molecule has 0 atom stereocenters. The Labute approximate surface area is 61.1 Å². The number of esters is 1. The average molecular weight is 143 g/mol. The van der Waals surface area contributed by atoms with E-state index in [0.717, 1.165) is 0 Å². The van der Waals surface area contributed by atoms with Crippen LogP contribution in [-0.4, -0.2) is 24.8 Å². The fourth-order valence-corrected chi connectivity index (χ4v) is 0.465. The predicted molar refractivity (Wildman–Crippen MR) is 40.3 cm³/mol. The molecule has 0 unspecified atom stereocenters. The minimum absolute atomic E-state index is 0.0390. The van der Waals surface area contributed by atoms with Gasteiger partial charge in [0.05, 0.1) is 0 Å². The second kappa shape index (κ2) is 3.34. The van der Waals surface area contributed by atoms with E-state index in [1.165, 1.54) is 0 Å². The lowest BCUT2D eigenvalue weighted by Gasteiger charge is -2.18. The van der Waals surface area contributed by atoms with Gasteiger partial charge in [0.2, 0.25) is 0 Å². The molecule has 0 radical (unpaired) electrons. The van der Waals surface area contributed by atoms with Crippen molar-refractivity contribution in [3.63, 3.8) is 0 Å². The maximum atomic E-state index is 10.7. The van der Waals surface area contributed by atoms with E-state index in [1.54, 1.807) is 0 Å². The van der Waals surface area contributed by atoms with Crippen LogP contribution in [0.3, 0.4) is 0 Å². The van der Waals surface area contributed by atoms with Crippen LogP contribution in [0, 0.1) is 0 Å². The van der Waals surface area contributed by atoms with Crippen molar-refractivity contribution in [2.75, 3.05) is 6.54 Å². The molecule has 10 heavy (non-hydrogen) atoms. The highest BCUT2D eigenvalue weighted by Gasteiger charge is 2.14. The predicted octanol–water partition coefficient (Wildman–Crippen LogP) is 1.03. The summed E-state index contributed by atoms with van der Waals surface area (Å²) >= 11 is 0. The maximum Gasteiger partial charge on any atom is 0.328 e. The van der Waals surface area contributed by atoms with Crippen LogP contribution in [0.5, 0.6) is 0 Å². The molecule has 0 fully saturated rings. The van der Waals surface area contributed by atoms with Gasteiger partial charge in [-0.3, -0.25) is 9.79 Å². The zero-order valence-electron chi connectivity index (χ0n) is 6.68. The highest BCUT2D eigenvalue weighted by atomic mass is 16.6. The van der Waals surface area contributed by atoms with E-state index < -0.39 is 5.60 Å². The summed E-state index contributed by atoms with van der Waals surface area (Å²) < 4.78 is 4.91. The summed E-state index contributed by atoms with van der Waals surface area (Å²) in [7, 11) is 0. The SMILES string of the molecule is C=NCC(=O)OC(C)(C)C. The van der Waals surface area contributed by atoms with Gasteiger partial charge in [0.25, 0.3) is 0 Å². The zero-order chi connectivity index (χ0) is 8.20. The number of ether oxygens (including phenoxy) is 1. The summed E-state index contributed by atoms with van der Waals surface area (Å²) in [5.74, 6) is -0.331. The lowest BCUT2D eigenvalue weighted by Crippen LogP contribution is -2.25. The Morgan fingerprint density at radius 2 is 2.10 bits per heavy atom. The summed E-state index contributed by atoms with van der Waals surface area (Å²) in [6, 6.07) is 0. The monoisotopic (exact) mass is 143 g/mol. The topological polar surface area (TPSA) is 38.7 Å². The van der Waals surface area contributed by atoms with Crippen molar-refractivity contribution in [1.82, 2.24) is 0 Å². The first-order chi connectivity index (χ1) is 4.45. The second-order valence-electron chi connectivity index (χ2n) is 2.97. The van der Waals surface area contributed by atoms with Crippen molar-refractivity contribution in [2.24, 2.45) is 4.99 Å². The number of nitrogens with zero attached hydrogens (tertiary/aromatic N) is 1. The Morgan fingerprint density at radius 3 is 2.40 bits per heavy atom. The molecule has 0 saturated heterocycles. The molecule has 0 heterocycles. The third kappa shape index (κ3) is 5.28. The van der Waals surface area contributed by atoms with Gasteiger partial charge in [-0.2, -0.15) is 0 Å². The van der Waals surface area contributed by atoms with Gasteiger partial charge in [-0.15, -0.1) is 0 Å². The van der Waals surface area contributed by atoms with E-state index in [1.807, 2.05) is 20.8 Å². The molecule has 3 nitrogen and oxygen atoms in total. The summed E-state index contributed by atoms with van der Waals surface area (Å²) in [4.78, 5) is 14.1. The largest absolute Gasteiger partial charge is 0.459 e. The molecule has 0 rings (SSSR count). The average Bonchev–Trinajstić information content (AvgIpc) is 1.59. The molecule has 0 saturated carbocycles. The summed E-state index contributed by atoms with van der Waals surface area (Å²) in [5, 5.41) is 0. The number of hydrogen-bond donors (Lipinski definition) is 0. The van der Waals surface area contributed by atoms with Gasteiger partial charge < -0.3 is 4.74 Å². The number of rotatable bonds is 2. The highest BCUT2D eigenvalue weighted by Crippen LogP contribution is 2.06. The summed E-state index contributed by atoms with van der Waals surface area (Å²) in [5.41, 5.74) is -0.415. The fraction of sp³-hybridized carbons (Fsp3) is 0.714. The number of carbonyl (C=O) groups excluding carboxylic acids is 1. The van der Waals surface area contributed by atoms with Crippen LogP contribution in [0.4, 0.5) is 0 Å². The van der Waals surface area contributed by atoms with Crippen LogP contribution in [0.25, 0.3) is 0 Å². The van der Waals surface area contributed by atoms with E-state index in [-0.39, 0.29) is 12.5 Å². The van der Waals surface area contributed by atoms with Crippen LogP contribution in [0.1, 0.15) is 20.8 Å². The number of carbonyl (C=O) groups is 1. The van der Waals surface area contributed by atoms with Gasteiger partial charge >= 0.3 is 5.97 Å².